The molecule has 0 unspecified atom stereocenters. The van der Waals surface area contributed by atoms with Crippen molar-refractivity contribution in [2.75, 3.05) is 0 Å². The molecule has 0 fully saturated rings. The van der Waals surface area contributed by atoms with E-state index in [1.807, 2.05) is 58.0 Å². The van der Waals surface area contributed by atoms with Crippen molar-refractivity contribution in [3.8, 4) is 0 Å². The van der Waals surface area contributed by atoms with Gasteiger partial charge in [0, 0.05) is 5.56 Å². The summed E-state index contributed by atoms with van der Waals surface area (Å²) in [5, 5.41) is 0. The first-order valence-corrected chi connectivity index (χ1v) is 6.36. The molecule has 1 aliphatic heterocycles. The fourth-order valence-corrected chi connectivity index (χ4v) is 2.51. The van der Waals surface area contributed by atoms with Crippen LogP contribution in [0.2, 0.25) is 0 Å². The Morgan fingerprint density at radius 1 is 1.06 bits per heavy atom. The summed E-state index contributed by atoms with van der Waals surface area (Å²) in [7, 11) is 0. The first-order chi connectivity index (χ1) is 8.48. The summed E-state index contributed by atoms with van der Waals surface area (Å²) in [5.74, 6) is 0.451. The van der Waals surface area contributed by atoms with E-state index in [9.17, 15) is 4.79 Å². The molecule has 0 amide bonds. The number of hydrogen-bond acceptors (Lipinski definition) is 3. The molecule has 1 aliphatic rings. The van der Waals surface area contributed by atoms with E-state index in [1.165, 1.54) is 0 Å². The number of esters is 1. The standard InChI is InChI=1S/C15H19NO2/c1-10(2)15(11(3)4)14(17)18-13(16-15)12-8-6-5-7-9-12/h5-11H,1-4H3. The topological polar surface area (TPSA) is 38.7 Å². The van der Waals surface area contributed by atoms with Gasteiger partial charge in [-0.1, -0.05) is 45.9 Å². The van der Waals surface area contributed by atoms with Crippen LogP contribution in [-0.4, -0.2) is 17.4 Å². The molecule has 3 heteroatoms. The third-order valence-electron chi connectivity index (χ3n) is 3.58. The van der Waals surface area contributed by atoms with Gasteiger partial charge in [0.25, 0.3) is 0 Å². The van der Waals surface area contributed by atoms with Gasteiger partial charge in [-0.2, -0.15) is 0 Å². The van der Waals surface area contributed by atoms with Crippen LogP contribution < -0.4 is 0 Å². The maximum atomic E-state index is 12.2. The fraction of sp³-hybridized carbons (Fsp3) is 0.467. The zero-order valence-electron chi connectivity index (χ0n) is 11.3. The molecule has 3 nitrogen and oxygen atoms in total. The number of nitrogens with zero attached hydrogens (tertiary/aromatic N) is 1. The molecule has 1 heterocycles. The first-order valence-electron chi connectivity index (χ1n) is 6.36. The van der Waals surface area contributed by atoms with Gasteiger partial charge in [0.1, 0.15) is 0 Å². The molecule has 1 aromatic rings. The van der Waals surface area contributed by atoms with Crippen LogP contribution in [0, 0.1) is 11.8 Å². The number of hydrogen-bond donors (Lipinski definition) is 0. The third-order valence-corrected chi connectivity index (χ3v) is 3.58. The number of carbonyl (C=O) groups excluding carboxylic acids is 1. The van der Waals surface area contributed by atoms with E-state index >= 15 is 0 Å². The summed E-state index contributed by atoms with van der Waals surface area (Å²) in [6.07, 6.45) is 0. The zero-order valence-corrected chi connectivity index (χ0v) is 11.3. The minimum Gasteiger partial charge on any atom is -0.405 e. The lowest BCUT2D eigenvalue weighted by Crippen LogP contribution is -2.44. The van der Waals surface area contributed by atoms with Crippen molar-refractivity contribution in [1.29, 1.82) is 0 Å². The molecule has 0 radical (unpaired) electrons. The SMILES string of the molecule is CC(C)C1(C(C)C)N=C(c2ccccc2)OC1=O. The van der Waals surface area contributed by atoms with Crippen LogP contribution in [0.25, 0.3) is 0 Å². The Balaban J connectivity index is 2.46. The maximum Gasteiger partial charge on any atom is 0.341 e. The zero-order chi connectivity index (χ0) is 13.3. The summed E-state index contributed by atoms with van der Waals surface area (Å²) >= 11 is 0. The largest absolute Gasteiger partial charge is 0.405 e. The van der Waals surface area contributed by atoms with Gasteiger partial charge in [-0.15, -0.1) is 0 Å². The Morgan fingerprint density at radius 3 is 2.06 bits per heavy atom. The highest BCUT2D eigenvalue weighted by Crippen LogP contribution is 2.36. The third kappa shape index (κ3) is 1.84. The van der Waals surface area contributed by atoms with E-state index in [0.29, 0.717) is 5.90 Å². The summed E-state index contributed by atoms with van der Waals surface area (Å²) < 4.78 is 5.40. The van der Waals surface area contributed by atoms with E-state index in [1.54, 1.807) is 0 Å². The smallest absolute Gasteiger partial charge is 0.341 e. The molecule has 0 bridgehead atoms. The molecule has 0 aliphatic carbocycles. The summed E-state index contributed by atoms with van der Waals surface area (Å²) in [6, 6.07) is 9.57. The number of aliphatic imine (C=N–C) groups is 1. The van der Waals surface area contributed by atoms with Crippen LogP contribution in [0.1, 0.15) is 33.3 Å². The molecular weight excluding hydrogens is 226 g/mol. The summed E-state index contributed by atoms with van der Waals surface area (Å²) in [4.78, 5) is 16.8. The van der Waals surface area contributed by atoms with Crippen molar-refractivity contribution in [2.45, 2.75) is 33.2 Å². The van der Waals surface area contributed by atoms with E-state index in [0.717, 1.165) is 5.56 Å². The van der Waals surface area contributed by atoms with Crippen molar-refractivity contribution in [2.24, 2.45) is 16.8 Å². The lowest BCUT2D eigenvalue weighted by Gasteiger charge is -2.29. The molecule has 0 saturated heterocycles. The van der Waals surface area contributed by atoms with E-state index in [2.05, 4.69) is 4.99 Å². The summed E-state index contributed by atoms with van der Waals surface area (Å²) in [6.45, 7) is 8.05. The Morgan fingerprint density at radius 2 is 1.61 bits per heavy atom. The van der Waals surface area contributed by atoms with Crippen molar-refractivity contribution in [3.63, 3.8) is 0 Å². The van der Waals surface area contributed by atoms with Crippen molar-refractivity contribution in [1.82, 2.24) is 0 Å². The van der Waals surface area contributed by atoms with Crippen LogP contribution in [-0.2, 0) is 9.53 Å². The molecule has 0 spiro atoms. The lowest BCUT2D eigenvalue weighted by molar-refractivity contribution is -0.142. The van der Waals surface area contributed by atoms with Crippen LogP contribution in [0.5, 0.6) is 0 Å². The summed E-state index contributed by atoms with van der Waals surface area (Å²) in [5.41, 5.74) is 0.111. The van der Waals surface area contributed by atoms with Crippen molar-refractivity contribution >= 4 is 11.9 Å². The van der Waals surface area contributed by atoms with E-state index < -0.39 is 5.54 Å². The van der Waals surface area contributed by atoms with Gasteiger partial charge in [-0.3, -0.25) is 0 Å². The normalized spacial score (nSPS) is 18.1. The molecular formula is C15H19NO2. The van der Waals surface area contributed by atoms with Crippen molar-refractivity contribution in [3.05, 3.63) is 35.9 Å². The first kappa shape index (κ1) is 12.8. The van der Waals surface area contributed by atoms with Crippen LogP contribution in [0.15, 0.2) is 35.3 Å². The minimum atomic E-state index is -0.745. The molecule has 18 heavy (non-hydrogen) atoms. The predicted molar refractivity (Wildman–Crippen MR) is 71.5 cm³/mol. The van der Waals surface area contributed by atoms with Crippen LogP contribution in [0.3, 0.4) is 0 Å². The van der Waals surface area contributed by atoms with Gasteiger partial charge in [-0.25, -0.2) is 9.79 Å². The Labute approximate surface area is 108 Å². The minimum absolute atomic E-state index is 0.117. The average Bonchev–Trinajstić information content (AvgIpc) is 2.69. The highest BCUT2D eigenvalue weighted by molar-refractivity contribution is 6.08. The molecule has 0 saturated carbocycles. The fourth-order valence-electron chi connectivity index (χ4n) is 2.51. The lowest BCUT2D eigenvalue weighted by atomic mass is 9.78. The molecule has 0 N–H and O–H groups in total. The van der Waals surface area contributed by atoms with Gasteiger partial charge < -0.3 is 4.74 Å². The highest BCUT2D eigenvalue weighted by atomic mass is 16.6. The average molecular weight is 245 g/mol. The van der Waals surface area contributed by atoms with Gasteiger partial charge in [0.15, 0.2) is 5.54 Å². The van der Waals surface area contributed by atoms with Gasteiger partial charge in [0.05, 0.1) is 0 Å². The predicted octanol–water partition coefficient (Wildman–Crippen LogP) is 3.04. The van der Waals surface area contributed by atoms with Crippen LogP contribution >= 0.6 is 0 Å². The van der Waals surface area contributed by atoms with Gasteiger partial charge in [0.2, 0.25) is 5.90 Å². The Bertz CT molecular complexity index is 467. The number of ether oxygens (including phenoxy) is 1. The second-order valence-electron chi connectivity index (χ2n) is 5.31. The Hall–Kier alpha value is -1.64. The monoisotopic (exact) mass is 245 g/mol. The Kier molecular flexibility index (Phi) is 3.24. The van der Waals surface area contributed by atoms with Crippen LogP contribution in [0.4, 0.5) is 0 Å². The quantitative estimate of drug-likeness (QED) is 0.768. The number of cyclic esters (lactones) is 1. The van der Waals surface area contributed by atoms with E-state index in [-0.39, 0.29) is 17.8 Å². The van der Waals surface area contributed by atoms with Crippen molar-refractivity contribution < 1.29 is 9.53 Å². The van der Waals surface area contributed by atoms with E-state index in [4.69, 9.17) is 4.74 Å². The van der Waals surface area contributed by atoms with Gasteiger partial charge >= 0.3 is 5.97 Å². The highest BCUT2D eigenvalue weighted by Gasteiger charge is 2.51. The molecule has 1 aromatic carbocycles. The number of rotatable bonds is 3. The molecule has 0 aromatic heterocycles. The second-order valence-corrected chi connectivity index (χ2v) is 5.31. The molecule has 0 atom stereocenters. The maximum absolute atomic E-state index is 12.2. The second kappa shape index (κ2) is 4.56. The number of benzene rings is 1. The van der Waals surface area contributed by atoms with Gasteiger partial charge in [-0.05, 0) is 24.0 Å². The molecule has 96 valence electrons. The number of carbonyl (C=O) groups is 1. The molecule has 2 rings (SSSR count).